The second kappa shape index (κ2) is 5.90. The molecule has 1 heterocycles. The molecule has 0 aromatic carbocycles. The second-order valence-corrected chi connectivity index (χ2v) is 5.95. The molecule has 0 aromatic rings. The Morgan fingerprint density at radius 3 is 2.63 bits per heavy atom. The Morgan fingerprint density at radius 1 is 1.42 bits per heavy atom. The third kappa shape index (κ3) is 3.69. The van der Waals surface area contributed by atoms with Crippen LogP contribution >= 0.6 is 0 Å². The fraction of sp³-hybridized carbons (Fsp3) is 0.857. The zero-order chi connectivity index (χ0) is 13.9. The summed E-state index contributed by atoms with van der Waals surface area (Å²) in [5.74, 6) is 0.476. The molecule has 19 heavy (non-hydrogen) atoms. The number of hydrogen-bond donors (Lipinski definition) is 3. The molecule has 3 N–H and O–H groups in total. The van der Waals surface area contributed by atoms with E-state index in [1.807, 2.05) is 0 Å². The molecule has 2 amide bonds. The van der Waals surface area contributed by atoms with Crippen molar-refractivity contribution in [1.82, 2.24) is 10.6 Å². The molecular weight excluding hydrogens is 244 g/mol. The normalized spacial score (nSPS) is 34.9. The lowest BCUT2D eigenvalue weighted by Crippen LogP contribution is -2.49. The number of carbonyl (C=O) groups is 2. The highest BCUT2D eigenvalue weighted by Crippen LogP contribution is 2.33. The fourth-order valence-corrected chi connectivity index (χ4v) is 2.99. The molecule has 0 radical (unpaired) electrons. The van der Waals surface area contributed by atoms with Crippen LogP contribution in [0.15, 0.2) is 0 Å². The minimum Gasteiger partial charge on any atom is -0.388 e. The highest BCUT2D eigenvalue weighted by Gasteiger charge is 2.34. The number of hydrogen-bond acceptors (Lipinski definition) is 3. The summed E-state index contributed by atoms with van der Waals surface area (Å²) in [6.07, 6.45) is 5.70. The molecule has 0 unspecified atom stereocenters. The SMILES string of the molecule is CCC1CCC(O)(CNC(=O)[C@H]2CCC(=O)N2)CC1. The maximum atomic E-state index is 11.9. The van der Waals surface area contributed by atoms with Crippen molar-refractivity contribution in [1.29, 1.82) is 0 Å². The van der Waals surface area contributed by atoms with Gasteiger partial charge in [0.2, 0.25) is 11.8 Å². The predicted molar refractivity (Wildman–Crippen MR) is 71.4 cm³/mol. The highest BCUT2D eigenvalue weighted by molar-refractivity contribution is 5.90. The van der Waals surface area contributed by atoms with Crippen molar-refractivity contribution < 1.29 is 14.7 Å². The van der Waals surface area contributed by atoms with Crippen molar-refractivity contribution in [3.8, 4) is 0 Å². The molecule has 1 aliphatic carbocycles. The molecule has 108 valence electrons. The van der Waals surface area contributed by atoms with Crippen molar-refractivity contribution in [2.24, 2.45) is 5.92 Å². The highest BCUT2D eigenvalue weighted by atomic mass is 16.3. The van der Waals surface area contributed by atoms with Gasteiger partial charge in [0.05, 0.1) is 5.60 Å². The van der Waals surface area contributed by atoms with Gasteiger partial charge in [-0.2, -0.15) is 0 Å². The first-order chi connectivity index (χ1) is 9.02. The van der Waals surface area contributed by atoms with Gasteiger partial charge in [0, 0.05) is 13.0 Å². The van der Waals surface area contributed by atoms with Crippen LogP contribution in [0, 0.1) is 5.92 Å². The van der Waals surface area contributed by atoms with Crippen LogP contribution in [0.4, 0.5) is 0 Å². The van der Waals surface area contributed by atoms with Gasteiger partial charge in [-0.25, -0.2) is 0 Å². The molecule has 1 atom stereocenters. The Morgan fingerprint density at radius 2 is 2.11 bits per heavy atom. The van der Waals surface area contributed by atoms with E-state index in [1.54, 1.807) is 0 Å². The molecule has 2 fully saturated rings. The maximum Gasteiger partial charge on any atom is 0.242 e. The largest absolute Gasteiger partial charge is 0.388 e. The standard InChI is InChI=1S/C14H24N2O3/c1-2-10-5-7-14(19,8-6-10)9-15-13(18)11-3-4-12(17)16-11/h10-11,19H,2-9H2,1H3,(H,15,18)(H,16,17)/t10?,11-,14?/m1/s1. The summed E-state index contributed by atoms with van der Waals surface area (Å²) in [6.45, 7) is 2.48. The summed E-state index contributed by atoms with van der Waals surface area (Å²) in [7, 11) is 0. The number of amides is 2. The van der Waals surface area contributed by atoms with Gasteiger partial charge in [0.1, 0.15) is 6.04 Å². The molecule has 2 aliphatic rings. The van der Waals surface area contributed by atoms with Gasteiger partial charge < -0.3 is 15.7 Å². The molecule has 5 heteroatoms. The van der Waals surface area contributed by atoms with Gasteiger partial charge in [-0.15, -0.1) is 0 Å². The van der Waals surface area contributed by atoms with E-state index in [2.05, 4.69) is 17.6 Å². The first-order valence-electron chi connectivity index (χ1n) is 7.32. The number of aliphatic hydroxyl groups is 1. The number of nitrogens with one attached hydrogen (secondary N) is 2. The quantitative estimate of drug-likeness (QED) is 0.702. The number of carbonyl (C=O) groups excluding carboxylic acids is 2. The molecule has 2 rings (SSSR count). The van der Waals surface area contributed by atoms with E-state index in [-0.39, 0.29) is 11.8 Å². The van der Waals surface area contributed by atoms with E-state index >= 15 is 0 Å². The van der Waals surface area contributed by atoms with Gasteiger partial charge in [-0.1, -0.05) is 13.3 Å². The first kappa shape index (κ1) is 14.3. The van der Waals surface area contributed by atoms with Crippen LogP contribution in [0.2, 0.25) is 0 Å². The van der Waals surface area contributed by atoms with Gasteiger partial charge >= 0.3 is 0 Å². The zero-order valence-electron chi connectivity index (χ0n) is 11.6. The van der Waals surface area contributed by atoms with E-state index < -0.39 is 11.6 Å². The van der Waals surface area contributed by atoms with E-state index in [9.17, 15) is 14.7 Å². The van der Waals surface area contributed by atoms with Crippen LogP contribution in [-0.2, 0) is 9.59 Å². The van der Waals surface area contributed by atoms with Crippen LogP contribution in [0.5, 0.6) is 0 Å². The fourth-order valence-electron chi connectivity index (χ4n) is 2.99. The maximum absolute atomic E-state index is 11.9. The molecular formula is C14H24N2O3. The lowest BCUT2D eigenvalue weighted by Gasteiger charge is -2.36. The topological polar surface area (TPSA) is 78.4 Å². The molecule has 0 aromatic heterocycles. The lowest BCUT2D eigenvalue weighted by atomic mass is 9.78. The van der Waals surface area contributed by atoms with Crippen molar-refractivity contribution >= 4 is 11.8 Å². The van der Waals surface area contributed by atoms with Crippen LogP contribution in [0.25, 0.3) is 0 Å². The number of rotatable bonds is 4. The summed E-state index contributed by atoms with van der Waals surface area (Å²) in [5, 5.41) is 15.8. The lowest BCUT2D eigenvalue weighted by molar-refractivity contribution is -0.127. The van der Waals surface area contributed by atoms with Crippen LogP contribution in [0.1, 0.15) is 51.9 Å². The zero-order valence-corrected chi connectivity index (χ0v) is 11.6. The van der Waals surface area contributed by atoms with Crippen LogP contribution in [-0.4, -0.2) is 35.1 Å². The van der Waals surface area contributed by atoms with E-state index in [1.165, 1.54) is 0 Å². The Labute approximate surface area is 114 Å². The summed E-state index contributed by atoms with van der Waals surface area (Å²) in [6, 6.07) is -0.414. The molecule has 0 spiro atoms. The third-order valence-corrected chi connectivity index (χ3v) is 4.52. The summed E-state index contributed by atoms with van der Waals surface area (Å²) < 4.78 is 0. The molecule has 1 aliphatic heterocycles. The third-order valence-electron chi connectivity index (χ3n) is 4.52. The van der Waals surface area contributed by atoms with Gasteiger partial charge in [0.25, 0.3) is 0 Å². The van der Waals surface area contributed by atoms with Crippen LogP contribution < -0.4 is 10.6 Å². The van der Waals surface area contributed by atoms with Crippen LogP contribution in [0.3, 0.4) is 0 Å². The van der Waals surface area contributed by atoms with Gasteiger partial charge in [0.15, 0.2) is 0 Å². The minimum absolute atomic E-state index is 0.0673. The average Bonchev–Trinajstić information content (AvgIpc) is 2.84. The van der Waals surface area contributed by atoms with E-state index in [0.29, 0.717) is 25.3 Å². The minimum atomic E-state index is -0.760. The van der Waals surface area contributed by atoms with Crippen molar-refractivity contribution in [3.63, 3.8) is 0 Å². The molecule has 1 saturated carbocycles. The Bertz CT molecular complexity index is 349. The smallest absolute Gasteiger partial charge is 0.242 e. The summed E-state index contributed by atoms with van der Waals surface area (Å²) in [5.41, 5.74) is -0.760. The predicted octanol–water partition coefficient (Wildman–Crippen LogP) is 0.712. The molecule has 0 bridgehead atoms. The molecule has 1 saturated heterocycles. The summed E-state index contributed by atoms with van der Waals surface area (Å²) in [4.78, 5) is 22.9. The first-order valence-corrected chi connectivity index (χ1v) is 7.32. The van der Waals surface area contributed by atoms with Gasteiger partial charge in [-0.05, 0) is 38.0 Å². The van der Waals surface area contributed by atoms with Crippen molar-refractivity contribution in [3.05, 3.63) is 0 Å². The van der Waals surface area contributed by atoms with Crippen molar-refractivity contribution in [2.75, 3.05) is 6.54 Å². The van der Waals surface area contributed by atoms with Crippen molar-refractivity contribution in [2.45, 2.75) is 63.5 Å². The Hall–Kier alpha value is -1.10. The van der Waals surface area contributed by atoms with E-state index in [4.69, 9.17) is 0 Å². The Balaban J connectivity index is 1.75. The second-order valence-electron chi connectivity index (χ2n) is 5.95. The monoisotopic (exact) mass is 268 g/mol. The summed E-state index contributed by atoms with van der Waals surface area (Å²) >= 11 is 0. The van der Waals surface area contributed by atoms with E-state index in [0.717, 1.165) is 32.1 Å². The van der Waals surface area contributed by atoms with Gasteiger partial charge in [-0.3, -0.25) is 9.59 Å². The average molecular weight is 268 g/mol. The molecule has 5 nitrogen and oxygen atoms in total. The Kier molecular flexibility index (Phi) is 4.45.